The summed E-state index contributed by atoms with van der Waals surface area (Å²) >= 11 is 0. The first kappa shape index (κ1) is 16.2. The quantitative estimate of drug-likeness (QED) is 0.859. The Bertz CT molecular complexity index is 969. The van der Waals surface area contributed by atoms with Gasteiger partial charge in [0, 0.05) is 0 Å². The summed E-state index contributed by atoms with van der Waals surface area (Å²) in [4.78, 5) is 12.5. The van der Waals surface area contributed by atoms with Crippen LogP contribution in [-0.2, 0) is 14.8 Å². The van der Waals surface area contributed by atoms with Crippen LogP contribution in [0.5, 0.6) is 0 Å². The average molecular weight is 345 g/mol. The summed E-state index contributed by atoms with van der Waals surface area (Å²) in [5, 5.41) is 10.5. The van der Waals surface area contributed by atoms with Crippen LogP contribution in [-0.4, -0.2) is 20.0 Å². The molecule has 8 heteroatoms. The van der Waals surface area contributed by atoms with Gasteiger partial charge >= 0.3 is 0 Å². The first-order valence-corrected chi connectivity index (χ1v) is 8.61. The number of hydrogen-bond donors (Lipinski definition) is 1. The highest BCUT2D eigenvalue weighted by molar-refractivity contribution is 7.89. The van der Waals surface area contributed by atoms with Crippen molar-refractivity contribution < 1.29 is 17.6 Å². The van der Waals surface area contributed by atoms with Crippen LogP contribution in [0, 0.1) is 6.92 Å². The topological polar surface area (TPSA) is 106 Å². The molecule has 1 aliphatic heterocycles. The Morgan fingerprint density at radius 2 is 1.79 bits per heavy atom. The molecule has 7 nitrogen and oxygen atoms in total. The molecule has 2 heterocycles. The molecule has 0 bridgehead atoms. The number of furan rings is 1. The van der Waals surface area contributed by atoms with Gasteiger partial charge in [0.25, 0.3) is 5.91 Å². The van der Waals surface area contributed by atoms with Crippen molar-refractivity contribution in [3.8, 4) is 0 Å². The number of rotatable bonds is 3. The molecule has 0 saturated carbocycles. The molecule has 1 amide bonds. The Hall–Kier alpha value is -2.71. The van der Waals surface area contributed by atoms with Crippen molar-refractivity contribution in [3.05, 3.63) is 53.5 Å². The van der Waals surface area contributed by atoms with Gasteiger partial charge in [0.05, 0.1) is 21.9 Å². The molecule has 0 atom stereocenters. The van der Waals surface area contributed by atoms with Gasteiger partial charge in [-0.3, -0.25) is 4.79 Å². The van der Waals surface area contributed by atoms with Crippen LogP contribution in [0.2, 0.25) is 0 Å². The predicted molar refractivity (Wildman–Crippen MR) is 89.8 cm³/mol. The first-order valence-electron chi connectivity index (χ1n) is 7.07. The maximum Gasteiger partial charge on any atom is 0.280 e. The number of amides is 1. The van der Waals surface area contributed by atoms with E-state index in [1.807, 2.05) is 13.0 Å². The minimum Gasteiger partial charge on any atom is -0.462 e. The number of primary sulfonamides is 1. The van der Waals surface area contributed by atoms with Gasteiger partial charge in [-0.15, -0.1) is 0 Å². The highest BCUT2D eigenvalue weighted by Crippen LogP contribution is 2.26. The smallest absolute Gasteiger partial charge is 0.280 e. The van der Waals surface area contributed by atoms with Crippen molar-refractivity contribution in [2.45, 2.75) is 18.7 Å². The minimum atomic E-state index is -3.78. The highest BCUT2D eigenvalue weighted by Gasteiger charge is 2.29. The van der Waals surface area contributed by atoms with Crippen molar-refractivity contribution in [2.24, 2.45) is 10.2 Å². The zero-order chi connectivity index (χ0) is 17.5. The third-order valence-electron chi connectivity index (χ3n) is 3.52. The number of carbonyl (C=O) groups excluding carboxylic acids is 1. The summed E-state index contributed by atoms with van der Waals surface area (Å²) in [6.45, 7) is 3.54. The molecule has 0 fully saturated rings. The van der Waals surface area contributed by atoms with Crippen molar-refractivity contribution in [2.75, 3.05) is 5.01 Å². The number of benzene rings is 1. The molecule has 1 aromatic heterocycles. The lowest BCUT2D eigenvalue weighted by atomic mass is 10.1. The number of aryl methyl sites for hydroxylation is 1. The standard InChI is InChI=1S/C16H15N3O4S/c1-10-3-6-13(23-10)9-15-11(2)18-19(16(15)20)12-4-7-14(8-5-12)24(17,21)22/h3-9H,1-2H3,(H2,17,21,22). The van der Waals surface area contributed by atoms with E-state index >= 15 is 0 Å². The van der Waals surface area contributed by atoms with E-state index in [2.05, 4.69) is 5.10 Å². The fourth-order valence-corrected chi connectivity index (χ4v) is 2.83. The van der Waals surface area contributed by atoms with E-state index < -0.39 is 10.0 Å². The largest absolute Gasteiger partial charge is 0.462 e. The molecule has 1 aliphatic rings. The second-order valence-electron chi connectivity index (χ2n) is 5.35. The average Bonchev–Trinajstić information content (AvgIpc) is 3.05. The molecule has 2 aromatic rings. The number of hydrogen-bond acceptors (Lipinski definition) is 5. The third-order valence-corrected chi connectivity index (χ3v) is 4.45. The van der Waals surface area contributed by atoms with Gasteiger partial charge in [-0.1, -0.05) is 0 Å². The molecule has 0 saturated heterocycles. The van der Waals surface area contributed by atoms with Gasteiger partial charge in [0.15, 0.2) is 0 Å². The van der Waals surface area contributed by atoms with Gasteiger partial charge < -0.3 is 4.42 Å². The van der Waals surface area contributed by atoms with Gasteiger partial charge in [0.2, 0.25) is 10.0 Å². The fourth-order valence-electron chi connectivity index (χ4n) is 2.31. The first-order chi connectivity index (χ1) is 11.3. The lowest BCUT2D eigenvalue weighted by Crippen LogP contribution is -2.21. The van der Waals surface area contributed by atoms with Crippen LogP contribution in [0.25, 0.3) is 6.08 Å². The molecule has 124 valence electrons. The Balaban J connectivity index is 1.92. The molecule has 0 spiro atoms. The van der Waals surface area contributed by atoms with E-state index in [0.29, 0.717) is 22.7 Å². The third kappa shape index (κ3) is 3.01. The maximum atomic E-state index is 12.6. The van der Waals surface area contributed by atoms with Crippen LogP contribution in [0.1, 0.15) is 18.4 Å². The minimum absolute atomic E-state index is 0.0274. The van der Waals surface area contributed by atoms with E-state index in [0.717, 1.165) is 5.76 Å². The number of sulfonamides is 1. The zero-order valence-corrected chi connectivity index (χ0v) is 13.9. The van der Waals surface area contributed by atoms with E-state index in [1.54, 1.807) is 19.1 Å². The number of anilines is 1. The summed E-state index contributed by atoms with van der Waals surface area (Å²) in [7, 11) is -3.78. The number of nitrogens with two attached hydrogens (primary N) is 1. The Morgan fingerprint density at radius 3 is 2.33 bits per heavy atom. The summed E-state index contributed by atoms with van der Waals surface area (Å²) in [6, 6.07) is 9.21. The van der Waals surface area contributed by atoms with Gasteiger partial charge in [-0.2, -0.15) is 10.1 Å². The Morgan fingerprint density at radius 1 is 1.12 bits per heavy atom. The van der Waals surface area contributed by atoms with Crippen LogP contribution in [0.15, 0.2) is 56.4 Å². The Kier molecular flexibility index (Phi) is 3.86. The van der Waals surface area contributed by atoms with Gasteiger partial charge in [-0.25, -0.2) is 13.6 Å². The maximum absolute atomic E-state index is 12.6. The summed E-state index contributed by atoms with van der Waals surface area (Å²) < 4.78 is 28.0. The predicted octanol–water partition coefficient (Wildman–Crippen LogP) is 2.04. The van der Waals surface area contributed by atoms with Crippen LogP contribution in [0.4, 0.5) is 5.69 Å². The van der Waals surface area contributed by atoms with E-state index in [-0.39, 0.29) is 10.8 Å². The lowest BCUT2D eigenvalue weighted by molar-refractivity contribution is -0.114. The number of hydrazone groups is 1. The second-order valence-corrected chi connectivity index (χ2v) is 6.91. The molecule has 2 N–H and O–H groups in total. The molecule has 24 heavy (non-hydrogen) atoms. The highest BCUT2D eigenvalue weighted by atomic mass is 32.2. The van der Waals surface area contributed by atoms with E-state index in [4.69, 9.17) is 9.56 Å². The second kappa shape index (κ2) is 5.73. The van der Waals surface area contributed by atoms with Crippen molar-refractivity contribution >= 4 is 33.4 Å². The molecule has 0 aliphatic carbocycles. The van der Waals surface area contributed by atoms with Crippen LogP contribution >= 0.6 is 0 Å². The van der Waals surface area contributed by atoms with Crippen molar-refractivity contribution in [3.63, 3.8) is 0 Å². The Labute approximate surface area is 139 Å². The number of carbonyl (C=O) groups is 1. The van der Waals surface area contributed by atoms with Gasteiger partial charge in [0.1, 0.15) is 11.5 Å². The van der Waals surface area contributed by atoms with Crippen LogP contribution in [0.3, 0.4) is 0 Å². The SMILES string of the molecule is CC1=NN(c2ccc(S(N)(=O)=O)cc2)C(=O)C1=Cc1ccc(C)o1. The van der Waals surface area contributed by atoms with E-state index in [1.165, 1.54) is 29.3 Å². The normalized spacial score (nSPS) is 16.8. The summed E-state index contributed by atoms with van der Waals surface area (Å²) in [6.07, 6.45) is 1.63. The molecular weight excluding hydrogens is 330 g/mol. The number of nitrogens with zero attached hydrogens (tertiary/aromatic N) is 2. The van der Waals surface area contributed by atoms with E-state index in [9.17, 15) is 13.2 Å². The monoisotopic (exact) mass is 345 g/mol. The molecule has 0 unspecified atom stereocenters. The fraction of sp³-hybridized carbons (Fsp3) is 0.125. The molecule has 3 rings (SSSR count). The molecule has 1 aromatic carbocycles. The van der Waals surface area contributed by atoms with Crippen molar-refractivity contribution in [1.82, 2.24) is 0 Å². The molecular formula is C16H15N3O4S. The summed E-state index contributed by atoms with van der Waals surface area (Å²) in [5.74, 6) is 0.999. The zero-order valence-electron chi connectivity index (χ0n) is 13.1. The van der Waals surface area contributed by atoms with Gasteiger partial charge in [-0.05, 0) is 56.3 Å². The van der Waals surface area contributed by atoms with Crippen molar-refractivity contribution in [1.29, 1.82) is 0 Å². The lowest BCUT2D eigenvalue weighted by Gasteiger charge is -2.11. The van der Waals surface area contributed by atoms with Crippen LogP contribution < -0.4 is 10.1 Å². The molecule has 0 radical (unpaired) electrons. The summed E-state index contributed by atoms with van der Waals surface area (Å²) in [5.41, 5.74) is 1.41.